The lowest BCUT2D eigenvalue weighted by Crippen LogP contribution is -2.54. The molecule has 0 saturated heterocycles. The van der Waals surface area contributed by atoms with Crippen LogP contribution in [0.4, 0.5) is 0 Å². The lowest BCUT2D eigenvalue weighted by Gasteiger charge is -2.56. The Labute approximate surface area is 192 Å². The van der Waals surface area contributed by atoms with Crippen LogP contribution in [0.2, 0.25) is 0 Å². The number of rotatable bonds is 4. The Hall–Kier alpha value is -1.58. The van der Waals surface area contributed by atoms with E-state index in [0.29, 0.717) is 0 Å². The van der Waals surface area contributed by atoms with Gasteiger partial charge < -0.3 is 10.6 Å². The molecule has 0 heterocycles. The molecule has 0 unspecified atom stereocenters. The van der Waals surface area contributed by atoms with Crippen molar-refractivity contribution >= 4 is 11.8 Å². The highest BCUT2D eigenvalue weighted by Crippen LogP contribution is 2.61. The topological polar surface area (TPSA) is 58.2 Å². The van der Waals surface area contributed by atoms with Gasteiger partial charge in [0, 0.05) is 5.70 Å². The summed E-state index contributed by atoms with van der Waals surface area (Å²) in [5, 5.41) is 6.72. The van der Waals surface area contributed by atoms with Crippen molar-refractivity contribution in [3.05, 3.63) is 23.5 Å². The van der Waals surface area contributed by atoms with E-state index in [4.69, 9.17) is 0 Å². The number of nitrogens with one attached hydrogen (secondary N) is 2. The van der Waals surface area contributed by atoms with Gasteiger partial charge in [0.05, 0.1) is 16.5 Å². The summed E-state index contributed by atoms with van der Waals surface area (Å²) < 4.78 is 0. The normalized spacial score (nSPS) is 47.8. The van der Waals surface area contributed by atoms with E-state index >= 15 is 0 Å². The van der Waals surface area contributed by atoms with Crippen LogP contribution >= 0.6 is 0 Å². The quantitative estimate of drug-likeness (QED) is 0.638. The fourth-order valence-corrected chi connectivity index (χ4v) is 10.2. The number of carbonyl (C=O) groups excluding carboxylic acids is 2. The van der Waals surface area contributed by atoms with E-state index in [2.05, 4.69) is 22.8 Å². The SMILES string of the molecule is O=C(NC1=C(NC(=O)C23CC4CC(CC(C4)C2)C3)CCC=C1)C12CC3CC(CC(C3)C1)C2. The highest BCUT2D eigenvalue weighted by Gasteiger charge is 2.56. The molecule has 172 valence electrons. The third-order valence-corrected chi connectivity index (χ3v) is 10.7. The van der Waals surface area contributed by atoms with Crippen LogP contribution in [0.15, 0.2) is 23.5 Å². The highest BCUT2D eigenvalue weighted by molar-refractivity contribution is 5.87. The zero-order chi connectivity index (χ0) is 21.5. The van der Waals surface area contributed by atoms with Crippen LogP contribution in [0, 0.1) is 46.3 Å². The van der Waals surface area contributed by atoms with Crippen molar-refractivity contribution in [1.82, 2.24) is 10.6 Å². The third-order valence-electron chi connectivity index (χ3n) is 10.7. The smallest absolute Gasteiger partial charge is 0.230 e. The number of amides is 2. The van der Waals surface area contributed by atoms with Crippen LogP contribution < -0.4 is 10.6 Å². The Kier molecular flexibility index (Phi) is 4.32. The van der Waals surface area contributed by atoms with Crippen LogP contribution in [-0.4, -0.2) is 11.8 Å². The number of hydrogen-bond donors (Lipinski definition) is 2. The van der Waals surface area contributed by atoms with E-state index in [1.165, 1.54) is 38.5 Å². The van der Waals surface area contributed by atoms with Gasteiger partial charge in [-0.15, -0.1) is 0 Å². The Morgan fingerprint density at radius 3 is 1.50 bits per heavy atom. The third kappa shape index (κ3) is 3.07. The Balaban J connectivity index is 1.11. The molecule has 2 N–H and O–H groups in total. The Bertz CT molecular complexity index is 842. The molecule has 0 radical (unpaired) electrons. The van der Waals surface area contributed by atoms with Crippen molar-refractivity contribution in [3.63, 3.8) is 0 Å². The standard InChI is InChI=1S/C28H38N2O2/c31-25(27-11-17-5-18(12-27)7-19(6-17)13-27)29-23-3-1-2-4-24(23)30-26(32)28-14-20-8-21(15-28)10-22(9-20)16-28/h1,3,17-22H,2,4-16H2,(H,29,31)(H,30,32). The van der Waals surface area contributed by atoms with Gasteiger partial charge in [-0.2, -0.15) is 0 Å². The summed E-state index contributed by atoms with van der Waals surface area (Å²) in [6, 6.07) is 0. The summed E-state index contributed by atoms with van der Waals surface area (Å²) in [7, 11) is 0. The predicted octanol–water partition coefficient (Wildman–Crippen LogP) is 5.21. The second-order valence-electron chi connectivity index (χ2n) is 13.1. The zero-order valence-electron chi connectivity index (χ0n) is 19.3. The lowest BCUT2D eigenvalue weighted by molar-refractivity contribution is -0.146. The van der Waals surface area contributed by atoms with Crippen LogP contribution in [-0.2, 0) is 9.59 Å². The van der Waals surface area contributed by atoms with Crippen molar-refractivity contribution in [1.29, 1.82) is 0 Å². The van der Waals surface area contributed by atoms with Gasteiger partial charge in [0.1, 0.15) is 0 Å². The van der Waals surface area contributed by atoms with Crippen LogP contribution in [0.25, 0.3) is 0 Å². The monoisotopic (exact) mass is 434 g/mol. The second-order valence-corrected chi connectivity index (χ2v) is 13.1. The fraction of sp³-hybridized carbons (Fsp3) is 0.786. The van der Waals surface area contributed by atoms with Crippen molar-refractivity contribution in [3.8, 4) is 0 Å². The number of carbonyl (C=O) groups is 2. The molecule has 0 aromatic carbocycles. The maximum absolute atomic E-state index is 13.6. The van der Waals surface area contributed by atoms with Gasteiger partial charge in [-0.1, -0.05) is 6.08 Å². The summed E-state index contributed by atoms with van der Waals surface area (Å²) in [6.07, 6.45) is 20.6. The molecule has 8 fully saturated rings. The maximum atomic E-state index is 13.6. The van der Waals surface area contributed by atoms with E-state index in [-0.39, 0.29) is 22.6 Å². The second kappa shape index (κ2) is 6.96. The van der Waals surface area contributed by atoms with Gasteiger partial charge >= 0.3 is 0 Å². The summed E-state index contributed by atoms with van der Waals surface area (Å²) in [5.41, 5.74) is 1.54. The van der Waals surface area contributed by atoms with Crippen molar-refractivity contribution < 1.29 is 9.59 Å². The first kappa shape index (κ1) is 19.9. The molecule has 2 amide bonds. The molecule has 32 heavy (non-hydrogen) atoms. The molecule has 0 spiro atoms. The lowest BCUT2D eigenvalue weighted by atomic mass is 9.49. The van der Waals surface area contributed by atoms with Gasteiger partial charge in [-0.3, -0.25) is 9.59 Å². The van der Waals surface area contributed by atoms with Crippen molar-refractivity contribution in [2.75, 3.05) is 0 Å². The molecule has 0 aromatic rings. The molecule has 0 aromatic heterocycles. The number of hydrogen-bond acceptors (Lipinski definition) is 2. The molecule has 8 saturated carbocycles. The summed E-state index contributed by atoms with van der Waals surface area (Å²) in [5.74, 6) is 5.07. The summed E-state index contributed by atoms with van der Waals surface area (Å²) >= 11 is 0. The molecule has 4 heteroatoms. The van der Waals surface area contributed by atoms with Gasteiger partial charge in [0.15, 0.2) is 0 Å². The van der Waals surface area contributed by atoms with Gasteiger partial charge in [-0.25, -0.2) is 0 Å². The van der Waals surface area contributed by atoms with Crippen LogP contribution in [0.5, 0.6) is 0 Å². The van der Waals surface area contributed by atoms with Gasteiger partial charge in [-0.05, 0) is 131 Å². The molecule has 9 aliphatic carbocycles. The largest absolute Gasteiger partial charge is 0.327 e. The minimum Gasteiger partial charge on any atom is -0.327 e. The van der Waals surface area contributed by atoms with Gasteiger partial charge in [0.2, 0.25) is 11.8 Å². The van der Waals surface area contributed by atoms with E-state index in [1.807, 2.05) is 0 Å². The van der Waals surface area contributed by atoms with E-state index in [0.717, 1.165) is 98.3 Å². The zero-order valence-corrected chi connectivity index (χ0v) is 19.3. The molecule has 0 aliphatic heterocycles. The molecule has 9 rings (SSSR count). The van der Waals surface area contributed by atoms with Crippen LogP contribution in [0.1, 0.15) is 89.9 Å². The molecule has 0 atom stereocenters. The Morgan fingerprint density at radius 2 is 1.06 bits per heavy atom. The number of allylic oxidation sites excluding steroid dienone is 3. The maximum Gasteiger partial charge on any atom is 0.230 e. The first-order valence-corrected chi connectivity index (χ1v) is 13.5. The highest BCUT2D eigenvalue weighted by atomic mass is 16.2. The minimum atomic E-state index is -0.151. The van der Waals surface area contributed by atoms with E-state index < -0.39 is 0 Å². The van der Waals surface area contributed by atoms with Crippen LogP contribution in [0.3, 0.4) is 0 Å². The average Bonchev–Trinajstić information content (AvgIpc) is 2.73. The molecule has 8 bridgehead atoms. The van der Waals surface area contributed by atoms with Crippen molar-refractivity contribution in [2.24, 2.45) is 46.3 Å². The van der Waals surface area contributed by atoms with E-state index in [9.17, 15) is 9.59 Å². The van der Waals surface area contributed by atoms with Gasteiger partial charge in [0.25, 0.3) is 0 Å². The average molecular weight is 435 g/mol. The fourth-order valence-electron chi connectivity index (χ4n) is 10.2. The molecule has 9 aliphatic rings. The van der Waals surface area contributed by atoms with E-state index in [1.54, 1.807) is 0 Å². The molecule has 4 nitrogen and oxygen atoms in total. The molecular weight excluding hydrogens is 396 g/mol. The summed E-state index contributed by atoms with van der Waals surface area (Å²) in [4.78, 5) is 27.3. The first-order chi connectivity index (χ1) is 15.5. The Morgan fingerprint density at radius 1 is 0.656 bits per heavy atom. The predicted molar refractivity (Wildman–Crippen MR) is 123 cm³/mol. The summed E-state index contributed by atoms with van der Waals surface area (Å²) in [6.45, 7) is 0. The molecular formula is C28H38N2O2. The van der Waals surface area contributed by atoms with Crippen molar-refractivity contribution in [2.45, 2.75) is 89.9 Å². The first-order valence-electron chi connectivity index (χ1n) is 13.5. The minimum absolute atomic E-state index is 0.141.